The summed E-state index contributed by atoms with van der Waals surface area (Å²) in [4.78, 5) is 4.60. The molecule has 1 aliphatic carbocycles. The number of aromatic nitrogens is 2. The minimum Gasteiger partial charge on any atom is -0.339 e. The third-order valence-corrected chi connectivity index (χ3v) is 4.80. The molecular weight excluding hydrogens is 322 g/mol. The molecule has 24 heavy (non-hydrogen) atoms. The molecule has 0 bridgehead atoms. The number of halogens is 1. The van der Waals surface area contributed by atoms with Gasteiger partial charge in [0.25, 0.3) is 0 Å². The van der Waals surface area contributed by atoms with Crippen LogP contribution in [0.25, 0.3) is 10.8 Å². The van der Waals surface area contributed by atoms with Crippen molar-refractivity contribution in [2.75, 3.05) is 7.05 Å². The lowest BCUT2D eigenvalue weighted by Gasteiger charge is -2.05. The quantitative estimate of drug-likeness (QED) is 0.758. The summed E-state index contributed by atoms with van der Waals surface area (Å²) >= 11 is 0. The van der Waals surface area contributed by atoms with E-state index >= 15 is 0 Å². The summed E-state index contributed by atoms with van der Waals surface area (Å²) in [5.74, 6) is 2.45. The molecule has 1 aromatic heterocycles. The van der Waals surface area contributed by atoms with Crippen molar-refractivity contribution in [3.63, 3.8) is 0 Å². The van der Waals surface area contributed by atoms with Crippen molar-refractivity contribution in [1.82, 2.24) is 15.5 Å². The van der Waals surface area contributed by atoms with Gasteiger partial charge in [0.05, 0.1) is 0 Å². The Morgan fingerprint density at radius 3 is 2.79 bits per heavy atom. The van der Waals surface area contributed by atoms with Crippen LogP contribution in [0, 0.1) is 0 Å². The van der Waals surface area contributed by atoms with E-state index < -0.39 is 0 Å². The second kappa shape index (κ2) is 6.91. The summed E-state index contributed by atoms with van der Waals surface area (Å²) in [6.45, 7) is 2.12. The van der Waals surface area contributed by atoms with Gasteiger partial charge in [-0.3, -0.25) is 0 Å². The normalized spacial score (nSPS) is 20.6. The van der Waals surface area contributed by atoms with E-state index in [0.29, 0.717) is 17.9 Å². The molecule has 0 saturated heterocycles. The summed E-state index contributed by atoms with van der Waals surface area (Å²) in [7, 11) is 1.95. The molecule has 1 saturated carbocycles. The van der Waals surface area contributed by atoms with Crippen molar-refractivity contribution in [3.05, 3.63) is 59.7 Å². The van der Waals surface area contributed by atoms with E-state index in [4.69, 9.17) is 4.52 Å². The lowest BCUT2D eigenvalue weighted by atomic mass is 10.0. The zero-order valence-electron chi connectivity index (χ0n) is 13.9. The highest BCUT2D eigenvalue weighted by atomic mass is 35.5. The van der Waals surface area contributed by atoms with E-state index in [0.717, 1.165) is 24.6 Å². The Kier molecular flexibility index (Phi) is 4.88. The molecule has 0 spiro atoms. The Morgan fingerprint density at radius 1 is 1.17 bits per heavy atom. The third-order valence-electron chi connectivity index (χ3n) is 4.80. The summed E-state index contributed by atoms with van der Waals surface area (Å²) in [5.41, 5.74) is 1.40. The minimum atomic E-state index is 0. The molecule has 3 aromatic rings. The van der Waals surface area contributed by atoms with Gasteiger partial charge in [-0.05, 0) is 42.6 Å². The van der Waals surface area contributed by atoms with E-state index in [1.807, 2.05) is 7.05 Å². The zero-order valence-corrected chi connectivity index (χ0v) is 14.7. The molecule has 1 N–H and O–H groups in total. The molecule has 3 unspecified atom stereocenters. The number of fused-ring (bicyclic) bond motifs is 1. The van der Waals surface area contributed by atoms with Crippen LogP contribution >= 0.6 is 12.4 Å². The predicted molar refractivity (Wildman–Crippen MR) is 97.8 cm³/mol. The topological polar surface area (TPSA) is 51.0 Å². The van der Waals surface area contributed by atoms with E-state index in [1.54, 1.807) is 0 Å². The second-order valence-electron chi connectivity index (χ2n) is 6.46. The molecule has 0 aliphatic heterocycles. The number of nitrogens with zero attached hydrogens (tertiary/aromatic N) is 2. The molecule has 4 nitrogen and oxygen atoms in total. The predicted octanol–water partition coefficient (Wildman–Crippen LogP) is 4.07. The Labute approximate surface area is 148 Å². The number of benzene rings is 2. The van der Waals surface area contributed by atoms with Crippen LogP contribution in [-0.4, -0.2) is 23.2 Å². The first-order valence-electron chi connectivity index (χ1n) is 8.23. The number of hydrogen-bond donors (Lipinski definition) is 1. The number of rotatable bonds is 5. The molecule has 1 aliphatic rings. The van der Waals surface area contributed by atoms with Crippen LogP contribution in [0.3, 0.4) is 0 Å². The van der Waals surface area contributed by atoms with Crippen molar-refractivity contribution < 1.29 is 4.52 Å². The van der Waals surface area contributed by atoms with E-state index in [1.165, 1.54) is 16.3 Å². The minimum absolute atomic E-state index is 0. The van der Waals surface area contributed by atoms with Crippen molar-refractivity contribution in [1.29, 1.82) is 0 Å². The molecule has 126 valence electrons. The van der Waals surface area contributed by atoms with Crippen LogP contribution in [0.4, 0.5) is 0 Å². The van der Waals surface area contributed by atoms with E-state index in [2.05, 4.69) is 64.8 Å². The fourth-order valence-electron chi connectivity index (χ4n) is 3.26. The van der Waals surface area contributed by atoms with Crippen LogP contribution in [-0.2, 0) is 6.42 Å². The van der Waals surface area contributed by atoms with Gasteiger partial charge in [0.2, 0.25) is 5.89 Å². The molecule has 3 atom stereocenters. The molecule has 0 amide bonds. The molecule has 1 heterocycles. The number of hydrogen-bond acceptors (Lipinski definition) is 4. The fourth-order valence-corrected chi connectivity index (χ4v) is 3.26. The van der Waals surface area contributed by atoms with E-state index in [9.17, 15) is 0 Å². The van der Waals surface area contributed by atoms with Crippen LogP contribution in [0.1, 0.15) is 42.5 Å². The van der Waals surface area contributed by atoms with Gasteiger partial charge in [0.1, 0.15) is 0 Å². The monoisotopic (exact) mass is 343 g/mol. The van der Waals surface area contributed by atoms with Gasteiger partial charge in [0, 0.05) is 18.4 Å². The fraction of sp³-hybridized carbons (Fsp3) is 0.368. The summed E-state index contributed by atoms with van der Waals surface area (Å²) in [5, 5.41) is 9.97. The maximum absolute atomic E-state index is 5.51. The van der Waals surface area contributed by atoms with Crippen molar-refractivity contribution in [2.45, 2.75) is 37.6 Å². The Hall–Kier alpha value is -1.91. The molecule has 2 aromatic carbocycles. The highest BCUT2D eigenvalue weighted by Gasteiger charge is 2.44. The summed E-state index contributed by atoms with van der Waals surface area (Å²) < 4.78 is 5.51. The zero-order chi connectivity index (χ0) is 15.8. The number of likely N-dealkylation sites (N-methyl/N-ethyl adjacent to an activating group) is 1. The van der Waals surface area contributed by atoms with Gasteiger partial charge < -0.3 is 9.84 Å². The average Bonchev–Trinajstić information content (AvgIpc) is 3.25. The van der Waals surface area contributed by atoms with Crippen LogP contribution in [0.5, 0.6) is 0 Å². The standard InChI is InChI=1S/C19H21N3O.ClH/c1-12(20-2)10-18-21-19(23-22-18)17-11-16(17)15-9-5-7-13-6-3-4-8-14(13)15;/h3-9,12,16-17,20H,10-11H2,1-2H3;1H. The average molecular weight is 344 g/mol. The van der Waals surface area contributed by atoms with Gasteiger partial charge in [-0.15, -0.1) is 12.4 Å². The lowest BCUT2D eigenvalue weighted by Crippen LogP contribution is -2.24. The number of nitrogens with one attached hydrogen (secondary N) is 1. The first-order chi connectivity index (χ1) is 11.3. The highest BCUT2D eigenvalue weighted by Crippen LogP contribution is 2.55. The molecule has 0 radical (unpaired) electrons. The van der Waals surface area contributed by atoms with Crippen LogP contribution < -0.4 is 5.32 Å². The van der Waals surface area contributed by atoms with E-state index in [-0.39, 0.29) is 12.4 Å². The van der Waals surface area contributed by atoms with Crippen LogP contribution in [0.2, 0.25) is 0 Å². The highest BCUT2D eigenvalue weighted by molar-refractivity contribution is 5.86. The Balaban J connectivity index is 0.00000169. The molecular formula is C19H22ClN3O. The maximum Gasteiger partial charge on any atom is 0.230 e. The lowest BCUT2D eigenvalue weighted by molar-refractivity contribution is 0.371. The van der Waals surface area contributed by atoms with Crippen LogP contribution in [0.15, 0.2) is 47.0 Å². The smallest absolute Gasteiger partial charge is 0.230 e. The van der Waals surface area contributed by atoms with Crippen molar-refractivity contribution in [3.8, 4) is 0 Å². The molecule has 1 fully saturated rings. The summed E-state index contributed by atoms with van der Waals surface area (Å²) in [6, 6.07) is 15.5. The van der Waals surface area contributed by atoms with Gasteiger partial charge in [0.15, 0.2) is 5.82 Å². The Morgan fingerprint density at radius 2 is 1.96 bits per heavy atom. The largest absolute Gasteiger partial charge is 0.339 e. The third kappa shape index (κ3) is 3.17. The van der Waals surface area contributed by atoms with Crippen molar-refractivity contribution in [2.24, 2.45) is 0 Å². The Bertz CT molecular complexity index is 827. The van der Waals surface area contributed by atoms with Crippen molar-refractivity contribution >= 4 is 23.2 Å². The second-order valence-corrected chi connectivity index (χ2v) is 6.46. The SMILES string of the molecule is CNC(C)Cc1noc(C2CC2c2cccc3ccccc23)n1.Cl. The first-order valence-corrected chi connectivity index (χ1v) is 8.23. The molecule has 5 heteroatoms. The van der Waals surface area contributed by atoms with Gasteiger partial charge in [-0.25, -0.2) is 0 Å². The van der Waals surface area contributed by atoms with Gasteiger partial charge in [-0.1, -0.05) is 47.6 Å². The van der Waals surface area contributed by atoms with Gasteiger partial charge >= 0.3 is 0 Å². The molecule has 4 rings (SSSR count). The van der Waals surface area contributed by atoms with Gasteiger partial charge in [-0.2, -0.15) is 4.98 Å². The maximum atomic E-state index is 5.51. The first kappa shape index (κ1) is 16.9. The summed E-state index contributed by atoms with van der Waals surface area (Å²) in [6.07, 6.45) is 1.89.